The van der Waals surface area contributed by atoms with Crippen LogP contribution in [0.2, 0.25) is 0 Å². The molecule has 18 nitrogen and oxygen atoms in total. The van der Waals surface area contributed by atoms with Gasteiger partial charge in [0.15, 0.2) is 18.3 Å². The maximum Gasteiger partial charge on any atom is 0.325 e. The Morgan fingerprint density at radius 2 is 1.02 bits per heavy atom. The van der Waals surface area contributed by atoms with Gasteiger partial charge in [-0.2, -0.15) is 0 Å². The number of carbonyl (C=O) groups is 9. The van der Waals surface area contributed by atoms with Gasteiger partial charge >= 0.3 is 35.8 Å². The van der Waals surface area contributed by atoms with Crippen LogP contribution in [0.5, 0.6) is 0 Å². The number of carbonyl (C=O) groups excluding carboxylic acids is 9. The number of esters is 6. The van der Waals surface area contributed by atoms with Crippen LogP contribution >= 0.6 is 0 Å². The van der Waals surface area contributed by atoms with E-state index in [1.165, 1.54) is 0 Å². The Bertz CT molecular complexity index is 1010. The third-order valence-corrected chi connectivity index (χ3v) is 4.44. The molecule has 18 heteroatoms. The summed E-state index contributed by atoms with van der Waals surface area (Å²) >= 11 is 0. The van der Waals surface area contributed by atoms with Gasteiger partial charge in [0.25, 0.3) is 5.91 Å². The SMILES string of the molecule is COC(=O)CNC(=O)CNC(=O)CNC(=O)[C@H](OC(C)=O)[C@@H](OC(C)=O)[C@H](OC(C)=O)[C@@H](COC(C)=O)OC(C)=O. The standard InChI is InChI=1S/C23H33N3O15/c1-11(27)37-10-16(38-12(2)28)20(39-13(3)29)21(40-14(4)30)22(41-15(5)31)23(35)26-8-18(33)24-7-17(32)25-9-19(34)36-6/h16,20-22H,7-10H2,1-6H3,(H,24,33)(H,25,32)(H,26,35)/t16-,20-,21+,22-/m1/s1. The lowest BCUT2D eigenvalue weighted by atomic mass is 10.0. The first-order valence-electron chi connectivity index (χ1n) is 11.8. The van der Waals surface area contributed by atoms with Crippen LogP contribution in [0.25, 0.3) is 0 Å². The van der Waals surface area contributed by atoms with Crippen LogP contribution in [0.15, 0.2) is 0 Å². The highest BCUT2D eigenvalue weighted by Gasteiger charge is 2.47. The molecule has 3 amide bonds. The zero-order valence-electron chi connectivity index (χ0n) is 23.3. The van der Waals surface area contributed by atoms with E-state index in [0.29, 0.717) is 0 Å². The van der Waals surface area contributed by atoms with Gasteiger partial charge in [0.05, 0.1) is 20.2 Å². The minimum absolute atomic E-state index is 0.446. The molecule has 0 aromatic carbocycles. The molecule has 0 fully saturated rings. The van der Waals surface area contributed by atoms with Gasteiger partial charge in [0.2, 0.25) is 17.9 Å². The lowest BCUT2D eigenvalue weighted by Crippen LogP contribution is -2.57. The molecule has 0 aliphatic carbocycles. The van der Waals surface area contributed by atoms with Crippen LogP contribution in [0.3, 0.4) is 0 Å². The second-order valence-corrected chi connectivity index (χ2v) is 7.98. The fourth-order valence-electron chi connectivity index (χ4n) is 2.91. The van der Waals surface area contributed by atoms with E-state index in [1.54, 1.807) is 0 Å². The Kier molecular flexibility index (Phi) is 16.4. The van der Waals surface area contributed by atoms with Crippen molar-refractivity contribution in [3.05, 3.63) is 0 Å². The van der Waals surface area contributed by atoms with Crippen molar-refractivity contribution in [3.8, 4) is 0 Å². The summed E-state index contributed by atoms with van der Waals surface area (Å²) in [5.74, 6) is -8.53. The molecule has 0 heterocycles. The fourth-order valence-corrected chi connectivity index (χ4v) is 2.91. The highest BCUT2D eigenvalue weighted by molar-refractivity contribution is 5.91. The molecule has 0 aromatic rings. The van der Waals surface area contributed by atoms with Crippen molar-refractivity contribution >= 4 is 53.5 Å². The second-order valence-electron chi connectivity index (χ2n) is 7.98. The predicted molar refractivity (Wildman–Crippen MR) is 130 cm³/mol. The largest absolute Gasteiger partial charge is 0.468 e. The van der Waals surface area contributed by atoms with E-state index in [4.69, 9.17) is 23.7 Å². The van der Waals surface area contributed by atoms with Crippen molar-refractivity contribution < 1.29 is 71.6 Å². The third kappa shape index (κ3) is 16.1. The molecular weight excluding hydrogens is 558 g/mol. The second kappa shape index (κ2) is 18.5. The van der Waals surface area contributed by atoms with Crippen LogP contribution in [0, 0.1) is 0 Å². The topological polar surface area (TPSA) is 245 Å². The first kappa shape index (κ1) is 36.2. The maximum atomic E-state index is 13.0. The quantitative estimate of drug-likeness (QED) is 0.118. The summed E-state index contributed by atoms with van der Waals surface area (Å²) in [5.41, 5.74) is 0. The van der Waals surface area contributed by atoms with Crippen molar-refractivity contribution in [2.24, 2.45) is 0 Å². The van der Waals surface area contributed by atoms with E-state index in [0.717, 1.165) is 41.7 Å². The highest BCUT2D eigenvalue weighted by atomic mass is 16.6. The number of hydrogen-bond donors (Lipinski definition) is 3. The van der Waals surface area contributed by atoms with Crippen LogP contribution in [0.4, 0.5) is 0 Å². The van der Waals surface area contributed by atoms with E-state index in [-0.39, 0.29) is 0 Å². The Labute approximate surface area is 234 Å². The van der Waals surface area contributed by atoms with E-state index < -0.39 is 104 Å². The number of nitrogens with one attached hydrogen (secondary N) is 3. The average molecular weight is 592 g/mol. The molecule has 0 radical (unpaired) electrons. The molecule has 0 bridgehead atoms. The van der Waals surface area contributed by atoms with E-state index >= 15 is 0 Å². The third-order valence-electron chi connectivity index (χ3n) is 4.44. The van der Waals surface area contributed by atoms with Gasteiger partial charge in [0, 0.05) is 34.6 Å². The zero-order chi connectivity index (χ0) is 31.7. The van der Waals surface area contributed by atoms with E-state index in [1.807, 2.05) is 0 Å². The molecule has 0 spiro atoms. The monoisotopic (exact) mass is 591 g/mol. The van der Waals surface area contributed by atoms with E-state index in [9.17, 15) is 43.2 Å². The average Bonchev–Trinajstić information content (AvgIpc) is 2.86. The summed E-state index contributed by atoms with van der Waals surface area (Å²) in [5, 5.41) is 6.42. The molecule has 0 rings (SSSR count). The number of hydrogen-bond acceptors (Lipinski definition) is 15. The van der Waals surface area contributed by atoms with Crippen molar-refractivity contribution in [2.75, 3.05) is 33.4 Å². The van der Waals surface area contributed by atoms with Gasteiger partial charge in [-0.05, 0) is 0 Å². The maximum absolute atomic E-state index is 13.0. The molecule has 0 unspecified atom stereocenters. The van der Waals surface area contributed by atoms with Crippen molar-refractivity contribution in [2.45, 2.75) is 59.0 Å². The van der Waals surface area contributed by atoms with Crippen LogP contribution in [0.1, 0.15) is 34.6 Å². The summed E-state index contributed by atoms with van der Waals surface area (Å²) in [6.07, 6.45) is -7.58. The van der Waals surface area contributed by atoms with Crippen LogP contribution in [-0.4, -0.2) is 111 Å². The first-order valence-corrected chi connectivity index (χ1v) is 11.8. The van der Waals surface area contributed by atoms with Gasteiger partial charge in [-0.25, -0.2) is 0 Å². The number of ether oxygens (including phenoxy) is 6. The van der Waals surface area contributed by atoms with Crippen LogP contribution < -0.4 is 16.0 Å². The predicted octanol–water partition coefficient (Wildman–Crippen LogP) is -3.20. The van der Waals surface area contributed by atoms with Gasteiger partial charge < -0.3 is 44.4 Å². The summed E-state index contributed by atoms with van der Waals surface area (Å²) in [6.45, 7) is 2.20. The van der Waals surface area contributed by atoms with Crippen molar-refractivity contribution in [1.29, 1.82) is 0 Å². The molecule has 230 valence electrons. The molecule has 41 heavy (non-hydrogen) atoms. The first-order chi connectivity index (χ1) is 19.1. The Morgan fingerprint density at radius 3 is 1.49 bits per heavy atom. The smallest absolute Gasteiger partial charge is 0.325 e. The van der Waals surface area contributed by atoms with Gasteiger partial charge in [-0.3, -0.25) is 43.2 Å². The van der Waals surface area contributed by atoms with Gasteiger partial charge in [-0.15, -0.1) is 0 Å². The molecule has 0 saturated carbocycles. The molecule has 0 aliphatic rings. The minimum Gasteiger partial charge on any atom is -0.468 e. The van der Waals surface area contributed by atoms with E-state index in [2.05, 4.69) is 20.7 Å². The molecule has 0 saturated heterocycles. The lowest BCUT2D eigenvalue weighted by Gasteiger charge is -2.34. The fraction of sp³-hybridized carbons (Fsp3) is 0.609. The lowest BCUT2D eigenvalue weighted by molar-refractivity contribution is -0.203. The van der Waals surface area contributed by atoms with Gasteiger partial charge in [-0.1, -0.05) is 0 Å². The Hall–Kier alpha value is -4.77. The minimum atomic E-state index is -2.09. The number of methoxy groups -OCH3 is 1. The van der Waals surface area contributed by atoms with Crippen molar-refractivity contribution in [1.82, 2.24) is 16.0 Å². The summed E-state index contributed by atoms with van der Waals surface area (Å²) in [7, 11) is 1.11. The normalized spacial score (nSPS) is 13.0. The summed E-state index contributed by atoms with van der Waals surface area (Å²) < 4.78 is 29.5. The number of rotatable bonds is 16. The summed E-state index contributed by atoms with van der Waals surface area (Å²) in [6, 6.07) is 0. The molecular formula is C23H33N3O15. The Morgan fingerprint density at radius 1 is 0.561 bits per heavy atom. The number of amides is 3. The summed E-state index contributed by atoms with van der Waals surface area (Å²) in [4.78, 5) is 107. The Balaban J connectivity index is 5.96. The van der Waals surface area contributed by atoms with Crippen LogP contribution in [-0.2, 0) is 71.6 Å². The molecule has 4 atom stereocenters. The van der Waals surface area contributed by atoms with Crippen molar-refractivity contribution in [3.63, 3.8) is 0 Å². The molecule has 0 aliphatic heterocycles. The van der Waals surface area contributed by atoms with Gasteiger partial charge in [0.1, 0.15) is 13.2 Å². The molecule has 3 N–H and O–H groups in total. The molecule has 0 aromatic heterocycles. The zero-order valence-corrected chi connectivity index (χ0v) is 23.3. The highest BCUT2D eigenvalue weighted by Crippen LogP contribution is 2.20.